The van der Waals surface area contributed by atoms with E-state index in [-0.39, 0.29) is 17.4 Å². The van der Waals surface area contributed by atoms with Crippen LogP contribution in [0.4, 0.5) is 11.5 Å². The summed E-state index contributed by atoms with van der Waals surface area (Å²) in [5, 5.41) is 3.33. The number of carbonyl (C=O) groups is 1. The lowest BCUT2D eigenvalue weighted by Gasteiger charge is -2.34. The average Bonchev–Trinajstić information content (AvgIpc) is 2.58. The molecule has 0 saturated carbocycles. The zero-order valence-corrected chi connectivity index (χ0v) is 14.0. The summed E-state index contributed by atoms with van der Waals surface area (Å²) in [6.07, 6.45) is 3.24. The van der Waals surface area contributed by atoms with Crippen LogP contribution in [-0.2, 0) is 0 Å². The van der Waals surface area contributed by atoms with Gasteiger partial charge in [-0.3, -0.25) is 14.6 Å². The quantitative estimate of drug-likeness (QED) is 0.609. The van der Waals surface area contributed by atoms with Crippen LogP contribution in [-0.4, -0.2) is 40.0 Å². The highest BCUT2D eigenvalue weighted by Gasteiger charge is 2.25. The fourth-order valence-electron chi connectivity index (χ4n) is 2.83. The summed E-state index contributed by atoms with van der Waals surface area (Å²) in [7, 11) is 0. The normalized spacial score (nSPS) is 17.3. The molecule has 0 aromatic carbocycles. The van der Waals surface area contributed by atoms with Crippen molar-refractivity contribution in [2.24, 2.45) is 0 Å². The molecule has 1 saturated heterocycles. The van der Waals surface area contributed by atoms with E-state index in [1.165, 1.54) is 0 Å². The Labute approximate surface area is 147 Å². The van der Waals surface area contributed by atoms with Crippen molar-refractivity contribution in [1.82, 2.24) is 20.3 Å². The lowest BCUT2D eigenvalue weighted by atomic mass is 10.1. The van der Waals surface area contributed by atoms with Gasteiger partial charge in [0.05, 0.1) is 5.02 Å². The smallest absolute Gasteiger partial charge is 0.326 e. The van der Waals surface area contributed by atoms with E-state index in [2.05, 4.69) is 15.3 Å². The number of aromatic nitrogens is 3. The number of nitrogens with one attached hydrogen (secondary N) is 3. The minimum atomic E-state index is -0.792. The molecule has 1 unspecified atom stereocenters. The fraction of sp³-hybridized carbons (Fsp3) is 0.333. The Balaban J connectivity index is 1.75. The Bertz CT molecular complexity index is 909. The third-order valence-corrected chi connectivity index (χ3v) is 4.30. The first-order valence-electron chi connectivity index (χ1n) is 7.74. The first-order chi connectivity index (χ1) is 12.0. The maximum Gasteiger partial charge on any atom is 0.326 e. The predicted octanol–water partition coefficient (Wildman–Crippen LogP) is 0.0926. The number of piperidine rings is 1. The van der Waals surface area contributed by atoms with Gasteiger partial charge < -0.3 is 20.9 Å². The number of amides is 1. The van der Waals surface area contributed by atoms with Crippen molar-refractivity contribution in [1.29, 1.82) is 0 Å². The summed E-state index contributed by atoms with van der Waals surface area (Å²) in [4.78, 5) is 45.7. The third-order valence-electron chi connectivity index (χ3n) is 4.00. The number of aromatic amines is 2. The third kappa shape index (κ3) is 3.66. The molecule has 2 aromatic heterocycles. The number of pyridine rings is 1. The molecule has 0 radical (unpaired) electrons. The van der Waals surface area contributed by atoms with Crippen LogP contribution in [0.3, 0.4) is 0 Å². The molecule has 25 heavy (non-hydrogen) atoms. The highest BCUT2D eigenvalue weighted by atomic mass is 35.5. The van der Waals surface area contributed by atoms with Gasteiger partial charge in [0.15, 0.2) is 0 Å². The number of hydrogen-bond donors (Lipinski definition) is 4. The van der Waals surface area contributed by atoms with Gasteiger partial charge in [0.2, 0.25) is 0 Å². The Morgan fingerprint density at radius 3 is 2.96 bits per heavy atom. The molecule has 1 aliphatic rings. The number of carbonyl (C=O) groups excluding carboxylic acids is 1. The molecule has 9 nitrogen and oxygen atoms in total. The van der Waals surface area contributed by atoms with Crippen LogP contribution < -0.4 is 27.2 Å². The largest absolute Gasteiger partial charge is 0.392 e. The molecule has 1 amide bonds. The van der Waals surface area contributed by atoms with Crippen LogP contribution in [0.2, 0.25) is 5.02 Å². The number of nitrogens with zero attached hydrogens (tertiary/aromatic N) is 2. The fourth-order valence-corrected chi connectivity index (χ4v) is 3.07. The predicted molar refractivity (Wildman–Crippen MR) is 94.0 cm³/mol. The summed E-state index contributed by atoms with van der Waals surface area (Å²) < 4.78 is 0. The molecule has 3 rings (SSSR count). The monoisotopic (exact) mass is 364 g/mol. The van der Waals surface area contributed by atoms with Gasteiger partial charge in [-0.05, 0) is 25.0 Å². The molecule has 3 heterocycles. The molecule has 132 valence electrons. The second kappa shape index (κ2) is 6.98. The highest BCUT2D eigenvalue weighted by molar-refractivity contribution is 6.32. The molecular weight excluding hydrogens is 348 g/mol. The Morgan fingerprint density at radius 2 is 2.20 bits per heavy atom. The molecule has 10 heteroatoms. The minimum absolute atomic E-state index is 0.193. The summed E-state index contributed by atoms with van der Waals surface area (Å²) in [5.74, 6) is 0.0619. The number of rotatable bonds is 3. The van der Waals surface area contributed by atoms with Gasteiger partial charge in [-0.1, -0.05) is 11.6 Å². The molecule has 1 atom stereocenters. The zero-order valence-electron chi connectivity index (χ0n) is 13.2. The first-order valence-corrected chi connectivity index (χ1v) is 8.12. The average molecular weight is 365 g/mol. The van der Waals surface area contributed by atoms with Gasteiger partial charge in [-0.25, -0.2) is 9.78 Å². The van der Waals surface area contributed by atoms with Crippen molar-refractivity contribution in [3.8, 4) is 0 Å². The van der Waals surface area contributed by atoms with Crippen molar-refractivity contribution < 1.29 is 4.79 Å². The number of H-pyrrole nitrogens is 2. The standard InChI is InChI=1S/C15H17ClN6O3/c16-9-4-1-5-18-12(9)22-6-2-3-8(7-22)19-14(24)11-10(17)13(23)21-15(25)20-11/h1,4-5,8H,2-3,6-7,17H2,(H,19,24)(H2,20,21,23,25). The van der Waals surface area contributed by atoms with E-state index in [0.717, 1.165) is 19.4 Å². The second-order valence-electron chi connectivity index (χ2n) is 5.76. The first kappa shape index (κ1) is 17.0. The van der Waals surface area contributed by atoms with Gasteiger partial charge in [0.1, 0.15) is 17.2 Å². The summed E-state index contributed by atoms with van der Waals surface area (Å²) in [6, 6.07) is 3.32. The maximum absolute atomic E-state index is 12.4. The number of halogens is 1. The number of anilines is 2. The SMILES string of the molecule is Nc1c(C(=O)NC2CCCN(c3ncccc3Cl)C2)[nH]c(=O)[nH]c1=O. The molecule has 5 N–H and O–H groups in total. The van der Waals surface area contributed by atoms with Crippen molar-refractivity contribution in [2.75, 3.05) is 23.7 Å². The van der Waals surface area contributed by atoms with E-state index in [9.17, 15) is 14.4 Å². The van der Waals surface area contributed by atoms with Crippen LogP contribution in [0.15, 0.2) is 27.9 Å². The molecular formula is C15H17ClN6O3. The molecule has 2 aromatic rings. The zero-order chi connectivity index (χ0) is 18.0. The van der Waals surface area contributed by atoms with Crippen LogP contribution >= 0.6 is 11.6 Å². The Kier molecular flexibility index (Phi) is 4.75. The molecule has 1 fully saturated rings. The topological polar surface area (TPSA) is 137 Å². The number of hydrogen-bond acceptors (Lipinski definition) is 6. The van der Waals surface area contributed by atoms with Crippen LogP contribution in [0, 0.1) is 0 Å². The van der Waals surface area contributed by atoms with E-state index in [1.807, 2.05) is 9.88 Å². The molecule has 0 aliphatic carbocycles. The van der Waals surface area contributed by atoms with E-state index in [0.29, 0.717) is 17.4 Å². The summed E-state index contributed by atoms with van der Waals surface area (Å²) in [5.41, 5.74) is 3.45. The number of nitrogens with two attached hydrogens (primary N) is 1. The summed E-state index contributed by atoms with van der Waals surface area (Å²) >= 11 is 6.18. The minimum Gasteiger partial charge on any atom is -0.392 e. The van der Waals surface area contributed by atoms with Gasteiger partial charge >= 0.3 is 5.69 Å². The van der Waals surface area contributed by atoms with E-state index < -0.39 is 17.2 Å². The second-order valence-corrected chi connectivity index (χ2v) is 6.17. The highest BCUT2D eigenvalue weighted by Crippen LogP contribution is 2.25. The molecule has 0 bridgehead atoms. The van der Waals surface area contributed by atoms with Gasteiger partial charge in [-0.2, -0.15) is 0 Å². The van der Waals surface area contributed by atoms with E-state index >= 15 is 0 Å². The van der Waals surface area contributed by atoms with Crippen molar-refractivity contribution in [2.45, 2.75) is 18.9 Å². The Hall–Kier alpha value is -2.81. The van der Waals surface area contributed by atoms with Gasteiger partial charge in [0, 0.05) is 25.3 Å². The van der Waals surface area contributed by atoms with Crippen molar-refractivity contribution in [3.05, 3.63) is 49.9 Å². The van der Waals surface area contributed by atoms with E-state index in [1.54, 1.807) is 18.3 Å². The Morgan fingerprint density at radius 1 is 1.40 bits per heavy atom. The maximum atomic E-state index is 12.4. The van der Waals surface area contributed by atoms with Gasteiger partial charge in [-0.15, -0.1) is 0 Å². The van der Waals surface area contributed by atoms with Gasteiger partial charge in [0.25, 0.3) is 11.5 Å². The number of nitrogen functional groups attached to an aromatic ring is 1. The van der Waals surface area contributed by atoms with E-state index in [4.69, 9.17) is 17.3 Å². The lowest BCUT2D eigenvalue weighted by Crippen LogP contribution is -2.49. The van der Waals surface area contributed by atoms with Crippen LogP contribution in [0.1, 0.15) is 23.3 Å². The van der Waals surface area contributed by atoms with Crippen LogP contribution in [0.5, 0.6) is 0 Å². The van der Waals surface area contributed by atoms with Crippen LogP contribution in [0.25, 0.3) is 0 Å². The lowest BCUT2D eigenvalue weighted by molar-refractivity contribution is 0.0928. The van der Waals surface area contributed by atoms with Crippen molar-refractivity contribution in [3.63, 3.8) is 0 Å². The summed E-state index contributed by atoms with van der Waals surface area (Å²) in [6.45, 7) is 1.28. The molecule has 0 spiro atoms. The van der Waals surface area contributed by atoms with Crippen molar-refractivity contribution >= 4 is 29.0 Å². The molecule has 1 aliphatic heterocycles.